The molecule has 0 spiro atoms. The van der Waals surface area contributed by atoms with E-state index in [4.69, 9.17) is 0 Å². The molecule has 0 saturated carbocycles. The number of hydrogen-bond donors (Lipinski definition) is 1. The van der Waals surface area contributed by atoms with Crippen LogP contribution in [0.1, 0.15) is 19.2 Å². The number of alkyl halides is 3. The minimum atomic E-state index is -4.61. The van der Waals surface area contributed by atoms with Crippen LogP contribution < -0.4 is 5.32 Å². The molecule has 0 radical (unpaired) electrons. The zero-order valence-corrected chi connectivity index (χ0v) is 10.0. The molecule has 102 valence electrons. The third kappa shape index (κ3) is 3.18. The van der Waals surface area contributed by atoms with E-state index in [1.807, 2.05) is 6.92 Å². The smallest absolute Gasteiger partial charge is 0.370 e. The highest BCUT2D eigenvalue weighted by atomic mass is 19.4. The van der Waals surface area contributed by atoms with E-state index < -0.39 is 12.0 Å². The second-order valence-corrected chi connectivity index (χ2v) is 3.70. The van der Waals surface area contributed by atoms with Gasteiger partial charge in [0.25, 0.3) is 0 Å². The molecule has 0 unspecified atom stereocenters. The number of hydrogen-bond acceptors (Lipinski definition) is 5. The molecule has 19 heavy (non-hydrogen) atoms. The molecular weight excluding hydrogens is 261 g/mol. The summed E-state index contributed by atoms with van der Waals surface area (Å²) in [6.07, 6.45) is -1.36. The van der Waals surface area contributed by atoms with Gasteiger partial charge in [-0.15, -0.1) is 0 Å². The van der Waals surface area contributed by atoms with Crippen molar-refractivity contribution >= 4 is 5.82 Å². The second-order valence-electron chi connectivity index (χ2n) is 3.70. The van der Waals surface area contributed by atoms with E-state index >= 15 is 0 Å². The fraction of sp³-hybridized carbons (Fsp3) is 0.400. The standard InChI is InChI=1S/C10H11F3N6/c1-2-3-15-7-4-8(19-6-14-5-16-19)18-9(17-7)10(11,12)13/h4-6H,2-3H2,1H3,(H,15,17,18). The van der Waals surface area contributed by atoms with Gasteiger partial charge < -0.3 is 5.32 Å². The minimum absolute atomic E-state index is 0.0124. The van der Waals surface area contributed by atoms with Gasteiger partial charge >= 0.3 is 6.18 Å². The zero-order valence-electron chi connectivity index (χ0n) is 10.0. The molecule has 0 atom stereocenters. The lowest BCUT2D eigenvalue weighted by Crippen LogP contribution is -2.16. The van der Waals surface area contributed by atoms with Gasteiger partial charge in [-0.2, -0.15) is 18.3 Å². The Bertz CT molecular complexity index is 537. The Morgan fingerprint density at radius 1 is 1.32 bits per heavy atom. The van der Waals surface area contributed by atoms with E-state index in [0.717, 1.165) is 11.1 Å². The number of anilines is 1. The number of rotatable bonds is 4. The maximum absolute atomic E-state index is 12.7. The van der Waals surface area contributed by atoms with Crippen molar-refractivity contribution < 1.29 is 13.2 Å². The van der Waals surface area contributed by atoms with Crippen LogP contribution in [-0.4, -0.2) is 31.3 Å². The molecule has 0 fully saturated rings. The summed E-state index contributed by atoms with van der Waals surface area (Å²) < 4.78 is 39.3. The second kappa shape index (κ2) is 5.21. The maximum atomic E-state index is 12.7. The summed E-state index contributed by atoms with van der Waals surface area (Å²) in [4.78, 5) is 10.6. The lowest BCUT2D eigenvalue weighted by molar-refractivity contribution is -0.144. The lowest BCUT2D eigenvalue weighted by Gasteiger charge is -2.10. The van der Waals surface area contributed by atoms with E-state index in [1.54, 1.807) is 0 Å². The summed E-state index contributed by atoms with van der Waals surface area (Å²) in [6, 6.07) is 1.39. The summed E-state index contributed by atoms with van der Waals surface area (Å²) >= 11 is 0. The van der Waals surface area contributed by atoms with Gasteiger partial charge in [0.2, 0.25) is 5.82 Å². The van der Waals surface area contributed by atoms with Gasteiger partial charge in [-0.3, -0.25) is 0 Å². The molecular formula is C10H11F3N6. The van der Waals surface area contributed by atoms with Gasteiger partial charge in [-0.1, -0.05) is 6.92 Å². The molecule has 1 N–H and O–H groups in total. The normalized spacial score (nSPS) is 11.6. The summed E-state index contributed by atoms with van der Waals surface area (Å²) in [5.41, 5.74) is 0. The number of nitrogens with zero attached hydrogens (tertiary/aromatic N) is 5. The fourth-order valence-electron chi connectivity index (χ4n) is 1.35. The molecule has 0 saturated heterocycles. The Balaban J connectivity index is 2.43. The predicted molar refractivity (Wildman–Crippen MR) is 60.7 cm³/mol. The highest BCUT2D eigenvalue weighted by Gasteiger charge is 2.35. The SMILES string of the molecule is CCCNc1cc(-n2cncn2)nc(C(F)(F)F)n1. The first-order valence-corrected chi connectivity index (χ1v) is 5.56. The van der Waals surface area contributed by atoms with Crippen molar-refractivity contribution in [1.82, 2.24) is 24.7 Å². The van der Waals surface area contributed by atoms with Crippen LogP contribution in [0.2, 0.25) is 0 Å². The molecule has 2 aromatic heterocycles. The first-order valence-electron chi connectivity index (χ1n) is 5.56. The van der Waals surface area contributed by atoms with Crippen LogP contribution in [0.5, 0.6) is 0 Å². The largest absolute Gasteiger partial charge is 0.451 e. The Hall–Kier alpha value is -2.19. The van der Waals surface area contributed by atoms with Crippen LogP contribution in [0.4, 0.5) is 19.0 Å². The average Bonchev–Trinajstić information content (AvgIpc) is 2.89. The van der Waals surface area contributed by atoms with Crippen LogP contribution in [-0.2, 0) is 6.18 Å². The van der Waals surface area contributed by atoms with Gasteiger partial charge in [0, 0.05) is 12.6 Å². The van der Waals surface area contributed by atoms with Crippen molar-refractivity contribution in [3.8, 4) is 5.82 Å². The molecule has 0 bridgehead atoms. The summed E-state index contributed by atoms with van der Waals surface area (Å²) in [6.45, 7) is 2.42. The van der Waals surface area contributed by atoms with E-state index in [1.165, 1.54) is 18.7 Å². The van der Waals surface area contributed by atoms with Crippen LogP contribution in [0, 0.1) is 0 Å². The Morgan fingerprint density at radius 3 is 2.68 bits per heavy atom. The van der Waals surface area contributed by atoms with Crippen molar-refractivity contribution in [2.24, 2.45) is 0 Å². The van der Waals surface area contributed by atoms with Gasteiger partial charge in [-0.25, -0.2) is 19.6 Å². The van der Waals surface area contributed by atoms with Crippen LogP contribution in [0.3, 0.4) is 0 Å². The summed E-state index contributed by atoms with van der Waals surface area (Å²) in [7, 11) is 0. The Morgan fingerprint density at radius 2 is 2.11 bits per heavy atom. The first-order chi connectivity index (χ1) is 9.00. The van der Waals surface area contributed by atoms with Gasteiger partial charge in [0.15, 0.2) is 5.82 Å². The van der Waals surface area contributed by atoms with Crippen molar-refractivity contribution in [1.29, 1.82) is 0 Å². The third-order valence-corrected chi connectivity index (χ3v) is 2.18. The molecule has 2 heterocycles. The molecule has 6 nitrogen and oxygen atoms in total. The van der Waals surface area contributed by atoms with Crippen molar-refractivity contribution in [2.75, 3.05) is 11.9 Å². The average molecular weight is 272 g/mol. The van der Waals surface area contributed by atoms with Gasteiger partial charge in [0.1, 0.15) is 18.5 Å². The van der Waals surface area contributed by atoms with Crippen molar-refractivity contribution in [3.05, 3.63) is 24.5 Å². The lowest BCUT2D eigenvalue weighted by atomic mass is 10.4. The molecule has 0 aliphatic rings. The van der Waals surface area contributed by atoms with E-state index in [2.05, 4.69) is 25.4 Å². The number of aromatic nitrogens is 5. The molecule has 2 rings (SSSR count). The molecule has 0 aromatic carbocycles. The van der Waals surface area contributed by atoms with Crippen molar-refractivity contribution in [3.63, 3.8) is 0 Å². The Labute approximate surface area is 106 Å². The predicted octanol–water partition coefficient (Wildman–Crippen LogP) is 1.90. The van der Waals surface area contributed by atoms with Crippen molar-refractivity contribution in [2.45, 2.75) is 19.5 Å². The summed E-state index contributed by atoms with van der Waals surface area (Å²) in [5, 5.41) is 6.55. The minimum Gasteiger partial charge on any atom is -0.370 e. The molecule has 0 amide bonds. The highest BCUT2D eigenvalue weighted by Crippen LogP contribution is 2.27. The van der Waals surface area contributed by atoms with E-state index in [-0.39, 0.29) is 11.6 Å². The zero-order chi connectivity index (χ0) is 13.9. The monoisotopic (exact) mass is 272 g/mol. The van der Waals surface area contributed by atoms with Crippen LogP contribution >= 0.6 is 0 Å². The third-order valence-electron chi connectivity index (χ3n) is 2.18. The number of halogens is 3. The first kappa shape index (κ1) is 13.2. The molecule has 0 aliphatic heterocycles. The van der Waals surface area contributed by atoms with Gasteiger partial charge in [0.05, 0.1) is 0 Å². The van der Waals surface area contributed by atoms with Crippen LogP contribution in [0.25, 0.3) is 5.82 Å². The van der Waals surface area contributed by atoms with Gasteiger partial charge in [-0.05, 0) is 6.42 Å². The van der Waals surface area contributed by atoms with Crippen LogP contribution in [0.15, 0.2) is 18.7 Å². The summed E-state index contributed by atoms with van der Waals surface area (Å²) in [5.74, 6) is -1.09. The Kier molecular flexibility index (Phi) is 3.63. The maximum Gasteiger partial charge on any atom is 0.451 e. The molecule has 9 heteroatoms. The molecule has 2 aromatic rings. The quantitative estimate of drug-likeness (QED) is 0.920. The number of nitrogens with one attached hydrogen (secondary N) is 1. The van der Waals surface area contributed by atoms with E-state index in [0.29, 0.717) is 6.54 Å². The molecule has 0 aliphatic carbocycles. The fourth-order valence-corrected chi connectivity index (χ4v) is 1.35. The topological polar surface area (TPSA) is 68.5 Å². The van der Waals surface area contributed by atoms with E-state index in [9.17, 15) is 13.2 Å². The highest BCUT2D eigenvalue weighted by molar-refractivity contribution is 5.41.